The summed E-state index contributed by atoms with van der Waals surface area (Å²) in [5, 5.41) is 10.9. The Balaban J connectivity index is 2.94. The van der Waals surface area contributed by atoms with E-state index in [1.807, 2.05) is 11.4 Å². The number of primary amides is 1. The maximum Gasteiger partial charge on any atom is 0.318 e. The van der Waals surface area contributed by atoms with Crippen molar-refractivity contribution in [1.82, 2.24) is 5.32 Å². The number of urea groups is 1. The maximum atomic E-state index is 11.8. The molecule has 0 aliphatic carbocycles. The molecule has 0 fully saturated rings. The van der Waals surface area contributed by atoms with Crippen LogP contribution in [-0.2, 0) is 4.79 Å². The second-order valence-electron chi connectivity index (χ2n) is 4.24. The molecule has 1 rings (SSSR count). The highest BCUT2D eigenvalue weighted by molar-refractivity contribution is 5.96. The summed E-state index contributed by atoms with van der Waals surface area (Å²) >= 11 is 0. The van der Waals surface area contributed by atoms with Gasteiger partial charge in [-0.25, -0.2) is 4.79 Å². The van der Waals surface area contributed by atoms with Crippen molar-refractivity contribution < 1.29 is 14.3 Å². The van der Waals surface area contributed by atoms with Crippen molar-refractivity contribution in [3.05, 3.63) is 29.8 Å². The van der Waals surface area contributed by atoms with Gasteiger partial charge in [-0.1, -0.05) is 26.0 Å². The van der Waals surface area contributed by atoms with Gasteiger partial charge in [0.2, 0.25) is 0 Å². The van der Waals surface area contributed by atoms with Gasteiger partial charge in [-0.15, -0.1) is 0 Å². The number of nitrogens with two attached hydrogens (primary N) is 1. The van der Waals surface area contributed by atoms with E-state index in [2.05, 4.69) is 0 Å². The minimum atomic E-state index is -0.937. The van der Waals surface area contributed by atoms with E-state index in [9.17, 15) is 9.59 Å². The Morgan fingerprint density at radius 3 is 2.53 bits per heavy atom. The minimum Gasteiger partial charge on any atom is -0.479 e. The molecule has 6 heteroatoms. The Labute approximate surface area is 111 Å². The second-order valence-corrected chi connectivity index (χ2v) is 4.24. The van der Waals surface area contributed by atoms with Crippen LogP contribution in [0.2, 0.25) is 0 Å². The Kier molecular flexibility index (Phi) is 4.89. The first-order chi connectivity index (χ1) is 8.95. The zero-order valence-electron chi connectivity index (χ0n) is 10.7. The summed E-state index contributed by atoms with van der Waals surface area (Å²) in [6.07, 6.45) is -0.901. The van der Waals surface area contributed by atoms with Crippen LogP contribution in [0.5, 0.6) is 5.75 Å². The van der Waals surface area contributed by atoms with E-state index < -0.39 is 18.0 Å². The number of nitriles is 1. The molecule has 1 atom stereocenters. The molecular formula is C13H15N3O3. The average Bonchev–Trinajstić information content (AvgIpc) is 2.34. The molecule has 0 aliphatic rings. The third-order valence-electron chi connectivity index (χ3n) is 2.37. The van der Waals surface area contributed by atoms with Gasteiger partial charge in [0.05, 0.1) is 5.56 Å². The van der Waals surface area contributed by atoms with Crippen molar-refractivity contribution in [3.8, 4) is 11.8 Å². The van der Waals surface area contributed by atoms with Gasteiger partial charge in [0.1, 0.15) is 11.8 Å². The molecule has 0 spiro atoms. The lowest BCUT2D eigenvalue weighted by molar-refractivity contribution is -0.128. The number of benzene rings is 1. The molecule has 19 heavy (non-hydrogen) atoms. The van der Waals surface area contributed by atoms with Crippen molar-refractivity contribution in [1.29, 1.82) is 5.26 Å². The van der Waals surface area contributed by atoms with Crippen LogP contribution >= 0.6 is 0 Å². The number of carbonyl (C=O) groups excluding carboxylic acids is 2. The lowest BCUT2D eigenvalue weighted by Crippen LogP contribution is -2.46. The van der Waals surface area contributed by atoms with Gasteiger partial charge in [-0.3, -0.25) is 10.1 Å². The van der Waals surface area contributed by atoms with E-state index >= 15 is 0 Å². The van der Waals surface area contributed by atoms with Crippen molar-refractivity contribution >= 4 is 11.9 Å². The molecule has 100 valence electrons. The highest BCUT2D eigenvalue weighted by Crippen LogP contribution is 2.20. The molecule has 6 nitrogen and oxygen atoms in total. The first-order valence-electron chi connectivity index (χ1n) is 5.71. The fourth-order valence-corrected chi connectivity index (χ4v) is 1.48. The largest absolute Gasteiger partial charge is 0.479 e. The number of carbonyl (C=O) groups is 2. The Hall–Kier alpha value is -2.55. The Morgan fingerprint density at radius 1 is 1.37 bits per heavy atom. The summed E-state index contributed by atoms with van der Waals surface area (Å²) in [7, 11) is 0. The molecule has 0 aromatic heterocycles. The number of imide groups is 1. The van der Waals surface area contributed by atoms with Crippen LogP contribution in [0.15, 0.2) is 24.3 Å². The number of amides is 3. The summed E-state index contributed by atoms with van der Waals surface area (Å²) in [5.74, 6) is -0.523. The molecule has 0 unspecified atom stereocenters. The van der Waals surface area contributed by atoms with Crippen LogP contribution in [-0.4, -0.2) is 18.0 Å². The normalized spacial score (nSPS) is 11.5. The lowest BCUT2D eigenvalue weighted by Gasteiger charge is -2.21. The standard InChI is InChI=1S/C13H15N3O3/c1-8(2)11(12(17)16-13(15)18)19-10-6-4-3-5-9(10)7-14/h3-6,8,11H,1-2H3,(H3,15,16,17,18)/t11-/m0/s1. The van der Waals surface area contributed by atoms with Gasteiger partial charge in [-0.2, -0.15) is 5.26 Å². The molecule has 0 saturated carbocycles. The molecule has 0 aliphatic heterocycles. The summed E-state index contributed by atoms with van der Waals surface area (Å²) in [4.78, 5) is 22.5. The Bertz CT molecular complexity index is 520. The zero-order chi connectivity index (χ0) is 14.4. The van der Waals surface area contributed by atoms with E-state index in [0.717, 1.165) is 0 Å². The summed E-state index contributed by atoms with van der Waals surface area (Å²) in [6.45, 7) is 3.53. The highest BCUT2D eigenvalue weighted by Gasteiger charge is 2.26. The molecule has 0 saturated heterocycles. The minimum absolute atomic E-state index is 0.189. The maximum absolute atomic E-state index is 11.8. The summed E-state index contributed by atoms with van der Waals surface area (Å²) < 4.78 is 5.52. The van der Waals surface area contributed by atoms with Crippen molar-refractivity contribution in [2.45, 2.75) is 20.0 Å². The van der Waals surface area contributed by atoms with Gasteiger partial charge >= 0.3 is 6.03 Å². The van der Waals surface area contributed by atoms with Gasteiger partial charge in [-0.05, 0) is 18.1 Å². The van der Waals surface area contributed by atoms with Crippen molar-refractivity contribution in [3.63, 3.8) is 0 Å². The lowest BCUT2D eigenvalue weighted by atomic mass is 10.1. The SMILES string of the molecule is CC(C)[C@H](Oc1ccccc1C#N)C(=O)NC(N)=O. The number of rotatable bonds is 4. The molecule has 0 heterocycles. The summed E-state index contributed by atoms with van der Waals surface area (Å²) in [6, 6.07) is 7.59. The summed E-state index contributed by atoms with van der Waals surface area (Å²) in [5.41, 5.74) is 5.22. The van der Waals surface area contributed by atoms with Gasteiger partial charge in [0.15, 0.2) is 6.10 Å². The Morgan fingerprint density at radius 2 is 2.00 bits per heavy atom. The number of nitrogens with one attached hydrogen (secondary N) is 1. The molecule has 1 aromatic carbocycles. The van der Waals surface area contributed by atoms with Crippen molar-refractivity contribution in [2.24, 2.45) is 11.7 Å². The smallest absolute Gasteiger partial charge is 0.318 e. The van der Waals surface area contributed by atoms with Crippen LogP contribution in [0.1, 0.15) is 19.4 Å². The fraction of sp³-hybridized carbons (Fsp3) is 0.308. The number of nitrogens with zero attached hydrogens (tertiary/aromatic N) is 1. The van der Waals surface area contributed by atoms with Crippen LogP contribution < -0.4 is 15.8 Å². The molecule has 3 N–H and O–H groups in total. The average molecular weight is 261 g/mol. The molecular weight excluding hydrogens is 246 g/mol. The van der Waals surface area contributed by atoms with Gasteiger partial charge in [0.25, 0.3) is 5.91 Å². The third-order valence-corrected chi connectivity index (χ3v) is 2.37. The van der Waals surface area contributed by atoms with Crippen LogP contribution in [0.3, 0.4) is 0 Å². The van der Waals surface area contributed by atoms with Gasteiger partial charge in [0, 0.05) is 0 Å². The quantitative estimate of drug-likeness (QED) is 0.848. The monoisotopic (exact) mass is 261 g/mol. The molecule has 1 aromatic rings. The molecule has 0 bridgehead atoms. The number of para-hydroxylation sites is 1. The predicted octanol–water partition coefficient (Wildman–Crippen LogP) is 1.16. The fourth-order valence-electron chi connectivity index (χ4n) is 1.48. The van der Waals surface area contributed by atoms with E-state index in [4.69, 9.17) is 15.7 Å². The van der Waals surface area contributed by atoms with Crippen LogP contribution in [0.4, 0.5) is 4.79 Å². The van der Waals surface area contributed by atoms with Crippen molar-refractivity contribution in [2.75, 3.05) is 0 Å². The predicted molar refractivity (Wildman–Crippen MR) is 68.1 cm³/mol. The highest BCUT2D eigenvalue weighted by atomic mass is 16.5. The van der Waals surface area contributed by atoms with E-state index in [-0.39, 0.29) is 5.92 Å². The van der Waals surface area contributed by atoms with E-state index in [0.29, 0.717) is 11.3 Å². The molecule has 3 amide bonds. The number of hydrogen-bond donors (Lipinski definition) is 2. The third kappa shape index (κ3) is 4.00. The first-order valence-corrected chi connectivity index (χ1v) is 5.71. The van der Waals surface area contributed by atoms with E-state index in [1.165, 1.54) is 0 Å². The first kappa shape index (κ1) is 14.5. The van der Waals surface area contributed by atoms with Gasteiger partial charge < -0.3 is 10.5 Å². The zero-order valence-corrected chi connectivity index (χ0v) is 10.7. The number of hydrogen-bond acceptors (Lipinski definition) is 4. The topological polar surface area (TPSA) is 105 Å². The number of ether oxygens (including phenoxy) is 1. The second kappa shape index (κ2) is 6.40. The van der Waals surface area contributed by atoms with Crippen LogP contribution in [0, 0.1) is 17.2 Å². The molecule has 0 radical (unpaired) electrons. The van der Waals surface area contributed by atoms with Crippen LogP contribution in [0.25, 0.3) is 0 Å². The van der Waals surface area contributed by atoms with E-state index in [1.54, 1.807) is 38.1 Å².